The number of hydrogen-bond donors (Lipinski definition) is 2. The van der Waals surface area contributed by atoms with Gasteiger partial charge in [0.05, 0.1) is 11.8 Å². The summed E-state index contributed by atoms with van der Waals surface area (Å²) < 4.78 is 5.33. The highest BCUT2D eigenvalue weighted by molar-refractivity contribution is 5.98. The van der Waals surface area contributed by atoms with Crippen molar-refractivity contribution in [2.24, 2.45) is 5.10 Å². The molecule has 0 fully saturated rings. The van der Waals surface area contributed by atoms with Gasteiger partial charge < -0.3 is 9.84 Å². The normalized spacial score (nSPS) is 10.5. The first-order valence-electron chi connectivity index (χ1n) is 6.90. The van der Waals surface area contributed by atoms with E-state index in [9.17, 15) is 9.59 Å². The molecule has 2 aromatic rings. The predicted octanol–water partition coefficient (Wildman–Crippen LogP) is 2.22. The quantitative estimate of drug-likeness (QED) is 0.632. The fourth-order valence-electron chi connectivity index (χ4n) is 1.86. The van der Waals surface area contributed by atoms with E-state index in [1.165, 1.54) is 12.3 Å². The number of benzene rings is 2. The van der Waals surface area contributed by atoms with E-state index in [-0.39, 0.29) is 12.2 Å². The number of hydrogen-bond acceptors (Lipinski definition) is 4. The number of amides is 1. The topological polar surface area (TPSA) is 88.0 Å². The Hall–Kier alpha value is -3.15. The van der Waals surface area contributed by atoms with Gasteiger partial charge in [-0.15, -0.1) is 0 Å². The monoisotopic (exact) mass is 312 g/mol. The number of rotatable bonds is 6. The third kappa shape index (κ3) is 4.96. The van der Waals surface area contributed by atoms with Crippen LogP contribution in [0.5, 0.6) is 5.75 Å². The molecule has 0 saturated heterocycles. The van der Waals surface area contributed by atoms with E-state index in [1.807, 2.05) is 25.1 Å². The Kier molecular flexibility index (Phi) is 5.46. The van der Waals surface area contributed by atoms with Gasteiger partial charge in [0.25, 0.3) is 5.91 Å². The summed E-state index contributed by atoms with van der Waals surface area (Å²) in [7, 11) is 0. The van der Waals surface area contributed by atoms with Crippen molar-refractivity contribution in [3.8, 4) is 5.75 Å². The fourth-order valence-corrected chi connectivity index (χ4v) is 1.86. The lowest BCUT2D eigenvalue weighted by atomic mass is 10.1. The Morgan fingerprint density at radius 1 is 1.22 bits per heavy atom. The molecule has 6 heteroatoms. The Morgan fingerprint density at radius 2 is 2.00 bits per heavy atom. The van der Waals surface area contributed by atoms with Crippen LogP contribution in [0.1, 0.15) is 21.5 Å². The Morgan fingerprint density at radius 3 is 2.74 bits per heavy atom. The summed E-state index contributed by atoms with van der Waals surface area (Å²) in [6.07, 6.45) is 1.29. The Bertz CT molecular complexity index is 741. The third-order valence-electron chi connectivity index (χ3n) is 2.94. The molecule has 0 radical (unpaired) electrons. The number of carboxylic acid groups (broad SMARTS) is 1. The number of aromatic carboxylic acids is 1. The van der Waals surface area contributed by atoms with Crippen LogP contribution in [-0.4, -0.2) is 29.8 Å². The highest BCUT2D eigenvalue weighted by Gasteiger charge is 2.07. The first-order valence-corrected chi connectivity index (χ1v) is 6.90. The number of ether oxygens (including phenoxy) is 1. The predicted molar refractivity (Wildman–Crippen MR) is 85.8 cm³/mol. The molecule has 0 atom stereocenters. The molecule has 1 amide bonds. The van der Waals surface area contributed by atoms with Gasteiger partial charge in [0.2, 0.25) is 0 Å². The first kappa shape index (κ1) is 16.2. The second-order valence-electron chi connectivity index (χ2n) is 4.79. The maximum Gasteiger partial charge on any atom is 0.336 e. The zero-order chi connectivity index (χ0) is 16.7. The summed E-state index contributed by atoms with van der Waals surface area (Å²) in [5.41, 5.74) is 3.84. The number of aryl methyl sites for hydroxylation is 1. The van der Waals surface area contributed by atoms with Crippen LogP contribution in [0, 0.1) is 6.92 Å². The van der Waals surface area contributed by atoms with Crippen molar-refractivity contribution < 1.29 is 19.4 Å². The van der Waals surface area contributed by atoms with Crippen molar-refractivity contribution in [3.05, 3.63) is 65.2 Å². The highest BCUT2D eigenvalue weighted by Crippen LogP contribution is 2.11. The maximum absolute atomic E-state index is 11.6. The molecule has 0 heterocycles. The van der Waals surface area contributed by atoms with E-state index in [2.05, 4.69) is 10.5 Å². The minimum absolute atomic E-state index is 0.113. The number of carboxylic acids is 1. The van der Waals surface area contributed by atoms with Gasteiger partial charge in [-0.3, -0.25) is 4.79 Å². The van der Waals surface area contributed by atoms with E-state index in [1.54, 1.807) is 24.3 Å². The lowest BCUT2D eigenvalue weighted by Gasteiger charge is -2.05. The third-order valence-corrected chi connectivity index (χ3v) is 2.94. The second-order valence-corrected chi connectivity index (χ2v) is 4.79. The van der Waals surface area contributed by atoms with Crippen molar-refractivity contribution in [1.82, 2.24) is 5.43 Å². The van der Waals surface area contributed by atoms with Crippen LogP contribution >= 0.6 is 0 Å². The highest BCUT2D eigenvalue weighted by atomic mass is 16.5. The number of nitrogens with one attached hydrogen (secondary N) is 1. The van der Waals surface area contributed by atoms with Crippen molar-refractivity contribution in [3.63, 3.8) is 0 Å². The first-order chi connectivity index (χ1) is 11.1. The van der Waals surface area contributed by atoms with Gasteiger partial charge in [-0.1, -0.05) is 30.3 Å². The molecule has 0 aliphatic rings. The maximum atomic E-state index is 11.6. The zero-order valence-corrected chi connectivity index (χ0v) is 12.5. The smallest absolute Gasteiger partial charge is 0.336 e. The van der Waals surface area contributed by atoms with Crippen LogP contribution in [0.25, 0.3) is 0 Å². The van der Waals surface area contributed by atoms with Gasteiger partial charge in [0.15, 0.2) is 6.61 Å². The van der Waals surface area contributed by atoms with Crippen molar-refractivity contribution >= 4 is 18.1 Å². The number of carbonyl (C=O) groups is 2. The van der Waals surface area contributed by atoms with Gasteiger partial charge in [-0.25, -0.2) is 10.2 Å². The van der Waals surface area contributed by atoms with Crippen molar-refractivity contribution in [1.29, 1.82) is 0 Å². The van der Waals surface area contributed by atoms with Crippen LogP contribution in [0.15, 0.2) is 53.6 Å². The van der Waals surface area contributed by atoms with Crippen molar-refractivity contribution in [2.45, 2.75) is 6.92 Å². The molecule has 6 nitrogen and oxygen atoms in total. The van der Waals surface area contributed by atoms with Gasteiger partial charge >= 0.3 is 5.97 Å². The van der Waals surface area contributed by atoms with Crippen LogP contribution in [0.2, 0.25) is 0 Å². The van der Waals surface area contributed by atoms with E-state index in [4.69, 9.17) is 9.84 Å². The molecule has 23 heavy (non-hydrogen) atoms. The number of hydrazone groups is 1. The Labute approximate surface area is 133 Å². The summed E-state index contributed by atoms with van der Waals surface area (Å²) in [6.45, 7) is 1.75. The lowest BCUT2D eigenvalue weighted by Crippen LogP contribution is -2.24. The largest absolute Gasteiger partial charge is 0.484 e. The summed E-state index contributed by atoms with van der Waals surface area (Å²) in [5, 5.41) is 12.8. The molecule has 2 aromatic carbocycles. The van der Waals surface area contributed by atoms with E-state index < -0.39 is 11.9 Å². The minimum Gasteiger partial charge on any atom is -0.484 e. The summed E-state index contributed by atoms with van der Waals surface area (Å²) in [4.78, 5) is 22.7. The summed E-state index contributed by atoms with van der Waals surface area (Å²) in [5.74, 6) is -0.892. The molecule has 2 N–H and O–H groups in total. The van der Waals surface area contributed by atoms with Crippen LogP contribution in [0.4, 0.5) is 0 Å². The number of carbonyl (C=O) groups excluding carboxylic acids is 1. The molecule has 0 bridgehead atoms. The minimum atomic E-state index is -1.05. The average molecular weight is 312 g/mol. The molecule has 0 unspecified atom stereocenters. The van der Waals surface area contributed by atoms with Gasteiger partial charge in [0, 0.05) is 5.56 Å². The van der Waals surface area contributed by atoms with E-state index in [0.29, 0.717) is 11.3 Å². The molecule has 0 aliphatic carbocycles. The number of nitrogens with zero attached hydrogens (tertiary/aromatic N) is 1. The van der Waals surface area contributed by atoms with Gasteiger partial charge in [0.1, 0.15) is 5.75 Å². The second kappa shape index (κ2) is 7.74. The van der Waals surface area contributed by atoms with Crippen LogP contribution in [0.3, 0.4) is 0 Å². The van der Waals surface area contributed by atoms with E-state index in [0.717, 1.165) is 5.56 Å². The van der Waals surface area contributed by atoms with Crippen LogP contribution in [-0.2, 0) is 4.79 Å². The fraction of sp³-hybridized carbons (Fsp3) is 0.118. The van der Waals surface area contributed by atoms with Gasteiger partial charge in [-0.05, 0) is 30.7 Å². The molecule has 0 aliphatic heterocycles. The zero-order valence-electron chi connectivity index (χ0n) is 12.5. The summed E-state index contributed by atoms with van der Waals surface area (Å²) >= 11 is 0. The van der Waals surface area contributed by atoms with Gasteiger partial charge in [-0.2, -0.15) is 5.10 Å². The molecule has 0 aromatic heterocycles. The molecular formula is C17H16N2O4. The SMILES string of the molecule is Cc1cccc(OCC(=O)N/N=C\c2ccccc2C(=O)O)c1. The molecule has 118 valence electrons. The van der Waals surface area contributed by atoms with E-state index >= 15 is 0 Å². The van der Waals surface area contributed by atoms with Crippen LogP contribution < -0.4 is 10.2 Å². The summed E-state index contributed by atoms with van der Waals surface area (Å²) in [6, 6.07) is 13.7. The molecular weight excluding hydrogens is 296 g/mol. The molecule has 0 spiro atoms. The molecule has 2 rings (SSSR count). The van der Waals surface area contributed by atoms with Crippen molar-refractivity contribution in [2.75, 3.05) is 6.61 Å². The average Bonchev–Trinajstić information content (AvgIpc) is 2.53. The standard InChI is InChI=1S/C17H16N2O4/c1-12-5-4-7-14(9-12)23-11-16(20)19-18-10-13-6-2-3-8-15(13)17(21)22/h2-10H,11H2,1H3,(H,19,20)(H,21,22)/b18-10-. The lowest BCUT2D eigenvalue weighted by molar-refractivity contribution is -0.123. The Balaban J connectivity index is 1.88. The molecule has 0 saturated carbocycles.